The Balaban J connectivity index is 1.71. The van der Waals surface area contributed by atoms with E-state index in [0.717, 1.165) is 24.6 Å². The zero-order valence-electron chi connectivity index (χ0n) is 11.4. The molecule has 1 saturated heterocycles. The van der Waals surface area contributed by atoms with Gasteiger partial charge < -0.3 is 4.90 Å². The third kappa shape index (κ3) is 2.84. The summed E-state index contributed by atoms with van der Waals surface area (Å²) in [4.78, 5) is 1.93. The van der Waals surface area contributed by atoms with Crippen molar-refractivity contribution in [3.63, 3.8) is 0 Å². The molecule has 0 N–H and O–H groups in total. The summed E-state index contributed by atoms with van der Waals surface area (Å²) < 4.78 is 39.3. The van der Waals surface area contributed by atoms with Gasteiger partial charge in [-0.2, -0.15) is 18.3 Å². The number of nitrogens with zero attached hydrogens (tertiary/aromatic N) is 5. The van der Waals surface area contributed by atoms with Gasteiger partial charge in [0.05, 0.1) is 12.2 Å². The number of halogens is 3. The molecule has 8 heteroatoms. The van der Waals surface area contributed by atoms with E-state index >= 15 is 0 Å². The zero-order valence-corrected chi connectivity index (χ0v) is 11.4. The Bertz CT molecular complexity index is 619. The maximum atomic E-state index is 12.5. The van der Waals surface area contributed by atoms with Crippen molar-refractivity contribution in [3.05, 3.63) is 35.8 Å². The van der Waals surface area contributed by atoms with Crippen molar-refractivity contribution in [1.82, 2.24) is 20.0 Å². The fourth-order valence-corrected chi connectivity index (χ4v) is 2.44. The normalized spacial score (nSPS) is 19.2. The van der Waals surface area contributed by atoms with Crippen LogP contribution in [0.5, 0.6) is 0 Å². The summed E-state index contributed by atoms with van der Waals surface area (Å²) in [6.07, 6.45) is 0.183. The first-order valence-corrected chi connectivity index (χ1v) is 6.60. The molecule has 0 amide bonds. The van der Waals surface area contributed by atoms with Gasteiger partial charge in [0.1, 0.15) is 0 Å². The van der Waals surface area contributed by atoms with Gasteiger partial charge in [-0.05, 0) is 31.0 Å². The van der Waals surface area contributed by atoms with Crippen LogP contribution in [0.15, 0.2) is 24.5 Å². The average Bonchev–Trinajstić information content (AvgIpc) is 3.06. The molecule has 3 rings (SSSR count). The second kappa shape index (κ2) is 5.01. The Morgan fingerprint density at radius 3 is 2.62 bits per heavy atom. The standard InChI is InChI=1S/C13H14F3N5/c1-9-6-17-21(7-9)10-4-5-20(8-10)12-3-2-11(18-19-12)13(14,15)16/h2-3,6-7,10H,4-5,8H2,1H3. The molecule has 0 radical (unpaired) electrons. The van der Waals surface area contributed by atoms with Crippen molar-refractivity contribution in [2.45, 2.75) is 25.6 Å². The number of hydrogen-bond acceptors (Lipinski definition) is 4. The van der Waals surface area contributed by atoms with Crippen LogP contribution >= 0.6 is 0 Å². The predicted octanol–water partition coefficient (Wildman–Crippen LogP) is 2.45. The van der Waals surface area contributed by atoms with Gasteiger partial charge in [-0.25, -0.2) is 0 Å². The molecule has 1 aliphatic heterocycles. The maximum absolute atomic E-state index is 12.5. The lowest BCUT2D eigenvalue weighted by molar-refractivity contribution is -0.141. The van der Waals surface area contributed by atoms with E-state index in [4.69, 9.17) is 0 Å². The van der Waals surface area contributed by atoms with Crippen molar-refractivity contribution < 1.29 is 13.2 Å². The number of anilines is 1. The summed E-state index contributed by atoms with van der Waals surface area (Å²) in [7, 11) is 0. The van der Waals surface area contributed by atoms with E-state index in [-0.39, 0.29) is 6.04 Å². The predicted molar refractivity (Wildman–Crippen MR) is 69.9 cm³/mol. The van der Waals surface area contributed by atoms with Crippen molar-refractivity contribution in [1.29, 1.82) is 0 Å². The van der Waals surface area contributed by atoms with Gasteiger partial charge in [0.15, 0.2) is 11.5 Å². The molecule has 2 aromatic rings. The first-order chi connectivity index (χ1) is 9.93. The van der Waals surface area contributed by atoms with E-state index in [9.17, 15) is 13.2 Å². The molecule has 112 valence electrons. The third-order valence-corrected chi connectivity index (χ3v) is 3.53. The van der Waals surface area contributed by atoms with Crippen molar-refractivity contribution in [3.8, 4) is 0 Å². The van der Waals surface area contributed by atoms with E-state index < -0.39 is 11.9 Å². The van der Waals surface area contributed by atoms with Gasteiger partial charge in [0.25, 0.3) is 0 Å². The first kappa shape index (κ1) is 13.8. The Kier molecular flexibility index (Phi) is 3.30. The largest absolute Gasteiger partial charge is 0.435 e. The van der Waals surface area contributed by atoms with Crippen molar-refractivity contribution in [2.24, 2.45) is 0 Å². The summed E-state index contributed by atoms with van der Waals surface area (Å²) >= 11 is 0. The Labute approximate surface area is 119 Å². The molecule has 21 heavy (non-hydrogen) atoms. The second-order valence-corrected chi connectivity index (χ2v) is 5.16. The quantitative estimate of drug-likeness (QED) is 0.854. The van der Waals surface area contributed by atoms with Crippen LogP contribution in [0.4, 0.5) is 19.0 Å². The SMILES string of the molecule is Cc1cnn(C2CCN(c3ccc(C(F)(F)F)nn3)C2)c1. The molecule has 0 aliphatic carbocycles. The van der Waals surface area contributed by atoms with E-state index in [1.54, 1.807) is 6.20 Å². The average molecular weight is 297 g/mol. The highest BCUT2D eigenvalue weighted by molar-refractivity contribution is 5.39. The summed E-state index contributed by atoms with van der Waals surface area (Å²) in [5.41, 5.74) is 0.118. The maximum Gasteiger partial charge on any atom is 0.435 e. The molecule has 3 heterocycles. The minimum absolute atomic E-state index is 0.211. The Morgan fingerprint density at radius 2 is 2.05 bits per heavy atom. The number of aromatic nitrogens is 4. The summed E-state index contributed by atoms with van der Waals surface area (Å²) in [5.74, 6) is 0.467. The minimum Gasteiger partial charge on any atom is -0.353 e. The van der Waals surface area contributed by atoms with Gasteiger partial charge in [-0.3, -0.25) is 4.68 Å². The van der Waals surface area contributed by atoms with Gasteiger partial charge in [0.2, 0.25) is 0 Å². The summed E-state index contributed by atoms with van der Waals surface area (Å²) in [6, 6.07) is 2.54. The van der Waals surface area contributed by atoms with Crippen molar-refractivity contribution >= 4 is 5.82 Å². The monoisotopic (exact) mass is 297 g/mol. The molecule has 2 aromatic heterocycles. The van der Waals surface area contributed by atoms with E-state index in [1.807, 2.05) is 22.7 Å². The zero-order chi connectivity index (χ0) is 15.0. The highest BCUT2D eigenvalue weighted by Crippen LogP contribution is 2.29. The molecular formula is C13H14F3N5. The molecule has 0 aromatic carbocycles. The van der Waals surface area contributed by atoms with Crippen LogP contribution in [-0.2, 0) is 6.18 Å². The number of alkyl halides is 3. The third-order valence-electron chi connectivity index (χ3n) is 3.53. The van der Waals surface area contributed by atoms with E-state index in [1.165, 1.54) is 6.07 Å². The highest BCUT2D eigenvalue weighted by atomic mass is 19.4. The van der Waals surface area contributed by atoms with Crippen LogP contribution in [0.2, 0.25) is 0 Å². The Hall–Kier alpha value is -2.12. The van der Waals surface area contributed by atoms with E-state index in [2.05, 4.69) is 15.3 Å². The van der Waals surface area contributed by atoms with Gasteiger partial charge in [0, 0.05) is 19.3 Å². The molecule has 1 fully saturated rings. The van der Waals surface area contributed by atoms with Gasteiger partial charge in [-0.1, -0.05) is 0 Å². The fourth-order valence-electron chi connectivity index (χ4n) is 2.44. The molecule has 1 unspecified atom stereocenters. The molecule has 0 bridgehead atoms. The molecule has 5 nitrogen and oxygen atoms in total. The lowest BCUT2D eigenvalue weighted by Crippen LogP contribution is -2.23. The summed E-state index contributed by atoms with van der Waals surface area (Å²) in [6.45, 7) is 3.36. The van der Waals surface area contributed by atoms with Crippen LogP contribution in [0, 0.1) is 6.92 Å². The first-order valence-electron chi connectivity index (χ1n) is 6.60. The molecule has 1 aliphatic rings. The van der Waals surface area contributed by atoms with Gasteiger partial charge in [-0.15, -0.1) is 10.2 Å². The number of aryl methyl sites for hydroxylation is 1. The highest BCUT2D eigenvalue weighted by Gasteiger charge is 2.33. The Morgan fingerprint density at radius 1 is 1.24 bits per heavy atom. The molecule has 0 spiro atoms. The second-order valence-electron chi connectivity index (χ2n) is 5.16. The fraction of sp³-hybridized carbons (Fsp3) is 0.462. The lowest BCUT2D eigenvalue weighted by Gasteiger charge is -2.17. The van der Waals surface area contributed by atoms with Crippen LogP contribution < -0.4 is 4.90 Å². The molecule has 1 atom stereocenters. The van der Waals surface area contributed by atoms with Crippen molar-refractivity contribution in [2.75, 3.05) is 18.0 Å². The number of hydrogen-bond donors (Lipinski definition) is 0. The molecule has 0 saturated carbocycles. The van der Waals surface area contributed by atoms with Crippen LogP contribution in [0.25, 0.3) is 0 Å². The van der Waals surface area contributed by atoms with E-state index in [0.29, 0.717) is 12.4 Å². The topological polar surface area (TPSA) is 46.8 Å². The summed E-state index contributed by atoms with van der Waals surface area (Å²) in [5, 5.41) is 11.2. The lowest BCUT2D eigenvalue weighted by atomic mass is 10.3. The van der Waals surface area contributed by atoms with Gasteiger partial charge >= 0.3 is 6.18 Å². The smallest absolute Gasteiger partial charge is 0.353 e. The number of rotatable bonds is 2. The van der Waals surface area contributed by atoms with Crippen LogP contribution in [-0.4, -0.2) is 33.1 Å². The van der Waals surface area contributed by atoms with Crippen LogP contribution in [0.1, 0.15) is 23.7 Å². The van der Waals surface area contributed by atoms with Crippen LogP contribution in [0.3, 0.4) is 0 Å². The molecular weight excluding hydrogens is 283 g/mol. The minimum atomic E-state index is -4.45.